The zero-order valence-electron chi connectivity index (χ0n) is 15.3. The Bertz CT molecular complexity index is 673. The Morgan fingerprint density at radius 3 is 2.42 bits per heavy atom. The number of hydrogen-bond acceptors (Lipinski definition) is 6. The first kappa shape index (κ1) is 18.3. The first-order chi connectivity index (χ1) is 12.7. The maximum atomic E-state index is 12.5. The quantitative estimate of drug-likeness (QED) is 0.741. The predicted octanol–water partition coefficient (Wildman–Crippen LogP) is 1.08. The number of anilines is 1. The van der Waals surface area contributed by atoms with Crippen LogP contribution in [0.3, 0.4) is 0 Å². The fourth-order valence-electron chi connectivity index (χ4n) is 3.04. The van der Waals surface area contributed by atoms with Crippen molar-refractivity contribution in [2.75, 3.05) is 51.2 Å². The van der Waals surface area contributed by atoms with E-state index in [4.69, 9.17) is 0 Å². The summed E-state index contributed by atoms with van der Waals surface area (Å²) in [6.45, 7) is 4.76. The van der Waals surface area contributed by atoms with Gasteiger partial charge in [-0.05, 0) is 37.2 Å². The Kier molecular flexibility index (Phi) is 6.49. The van der Waals surface area contributed by atoms with Gasteiger partial charge in [0.15, 0.2) is 0 Å². The molecule has 0 aliphatic carbocycles. The number of carbonyl (C=O) groups excluding carboxylic acids is 1. The number of hydrogen-bond donors (Lipinski definition) is 0. The number of carbonyl (C=O) groups is 1. The molecule has 0 bridgehead atoms. The van der Waals surface area contributed by atoms with Crippen molar-refractivity contribution in [3.05, 3.63) is 48.5 Å². The molecular weight excluding hydrogens is 328 g/mol. The molecule has 2 aromatic rings. The van der Waals surface area contributed by atoms with Crippen molar-refractivity contribution >= 4 is 11.9 Å². The molecule has 0 unspecified atom stereocenters. The Balaban J connectivity index is 1.36. The average molecular weight is 354 g/mol. The molecular formula is C19H26N6O. The largest absolute Gasteiger partial charge is 0.339 e. The van der Waals surface area contributed by atoms with Gasteiger partial charge in [-0.15, -0.1) is 0 Å². The Morgan fingerprint density at radius 1 is 1.04 bits per heavy atom. The molecule has 26 heavy (non-hydrogen) atoms. The third-order valence-corrected chi connectivity index (χ3v) is 4.71. The van der Waals surface area contributed by atoms with E-state index in [1.807, 2.05) is 35.5 Å². The normalized spacial score (nSPS) is 14.7. The third-order valence-electron chi connectivity index (χ3n) is 4.71. The van der Waals surface area contributed by atoms with E-state index in [1.165, 1.54) is 5.56 Å². The van der Waals surface area contributed by atoms with Crippen molar-refractivity contribution in [1.29, 1.82) is 0 Å². The molecule has 0 radical (unpaired) electrons. The van der Waals surface area contributed by atoms with Crippen LogP contribution >= 0.6 is 0 Å². The summed E-state index contributed by atoms with van der Waals surface area (Å²) < 4.78 is 0. The third kappa shape index (κ3) is 5.23. The van der Waals surface area contributed by atoms with Crippen LogP contribution in [0.15, 0.2) is 43.0 Å². The lowest BCUT2D eigenvalue weighted by atomic mass is 10.2. The van der Waals surface area contributed by atoms with E-state index in [0.29, 0.717) is 6.42 Å². The van der Waals surface area contributed by atoms with E-state index in [1.54, 1.807) is 12.4 Å². The topological polar surface area (TPSA) is 65.5 Å². The maximum absolute atomic E-state index is 12.5. The summed E-state index contributed by atoms with van der Waals surface area (Å²) in [6.07, 6.45) is 8.68. The van der Waals surface area contributed by atoms with E-state index < -0.39 is 0 Å². The first-order valence-corrected chi connectivity index (χ1v) is 9.09. The zero-order valence-corrected chi connectivity index (χ0v) is 15.3. The highest BCUT2D eigenvalue weighted by molar-refractivity contribution is 5.76. The summed E-state index contributed by atoms with van der Waals surface area (Å²) in [7, 11) is 2.07. The number of pyridine rings is 1. The average Bonchev–Trinajstić information content (AvgIpc) is 2.72. The molecule has 0 N–H and O–H groups in total. The van der Waals surface area contributed by atoms with Crippen LogP contribution in [0.1, 0.15) is 12.0 Å². The molecule has 0 aromatic carbocycles. The summed E-state index contributed by atoms with van der Waals surface area (Å²) >= 11 is 0. The second-order valence-electron chi connectivity index (χ2n) is 6.58. The summed E-state index contributed by atoms with van der Waals surface area (Å²) in [5.74, 6) is 0.977. The van der Waals surface area contributed by atoms with Gasteiger partial charge in [0, 0.05) is 70.5 Å². The van der Waals surface area contributed by atoms with Crippen LogP contribution in [0, 0.1) is 0 Å². The van der Waals surface area contributed by atoms with Crippen LogP contribution in [-0.4, -0.2) is 77.0 Å². The highest BCUT2D eigenvalue weighted by Gasteiger charge is 2.22. The predicted molar refractivity (Wildman–Crippen MR) is 101 cm³/mol. The van der Waals surface area contributed by atoms with Gasteiger partial charge in [-0.3, -0.25) is 9.78 Å². The molecule has 1 fully saturated rings. The minimum Gasteiger partial charge on any atom is -0.339 e. The lowest BCUT2D eigenvalue weighted by Crippen LogP contribution is -2.49. The first-order valence-electron chi connectivity index (χ1n) is 9.09. The fourth-order valence-corrected chi connectivity index (χ4v) is 3.04. The molecule has 3 heterocycles. The number of rotatable bonds is 7. The molecule has 7 nitrogen and oxygen atoms in total. The minimum atomic E-state index is 0.231. The van der Waals surface area contributed by atoms with Gasteiger partial charge in [-0.2, -0.15) is 0 Å². The zero-order chi connectivity index (χ0) is 18.2. The van der Waals surface area contributed by atoms with Gasteiger partial charge in [0.1, 0.15) is 0 Å². The second kappa shape index (κ2) is 9.24. The lowest BCUT2D eigenvalue weighted by Gasteiger charge is -2.35. The van der Waals surface area contributed by atoms with Crippen LogP contribution < -0.4 is 4.90 Å². The monoisotopic (exact) mass is 354 g/mol. The van der Waals surface area contributed by atoms with Crippen LogP contribution in [0.4, 0.5) is 5.95 Å². The van der Waals surface area contributed by atoms with Crippen molar-refractivity contribution in [3.63, 3.8) is 0 Å². The van der Waals surface area contributed by atoms with E-state index in [2.05, 4.69) is 31.8 Å². The fraction of sp³-hybridized carbons (Fsp3) is 0.474. The highest BCUT2D eigenvalue weighted by Crippen LogP contribution is 2.10. The van der Waals surface area contributed by atoms with Gasteiger partial charge in [0.2, 0.25) is 11.9 Å². The lowest BCUT2D eigenvalue weighted by molar-refractivity contribution is -0.131. The van der Waals surface area contributed by atoms with Crippen molar-refractivity contribution in [2.24, 2.45) is 0 Å². The van der Waals surface area contributed by atoms with Crippen LogP contribution in [0.25, 0.3) is 0 Å². The van der Waals surface area contributed by atoms with Crippen molar-refractivity contribution in [1.82, 2.24) is 24.8 Å². The summed E-state index contributed by atoms with van der Waals surface area (Å²) in [5, 5.41) is 0. The van der Waals surface area contributed by atoms with E-state index in [0.717, 1.165) is 51.6 Å². The number of nitrogens with zero attached hydrogens (tertiary/aromatic N) is 6. The Labute approximate surface area is 154 Å². The highest BCUT2D eigenvalue weighted by atomic mass is 16.2. The van der Waals surface area contributed by atoms with Gasteiger partial charge in [-0.1, -0.05) is 0 Å². The summed E-state index contributed by atoms with van der Waals surface area (Å²) in [4.78, 5) is 31.3. The van der Waals surface area contributed by atoms with E-state index in [-0.39, 0.29) is 5.91 Å². The van der Waals surface area contributed by atoms with Gasteiger partial charge in [-0.25, -0.2) is 9.97 Å². The van der Waals surface area contributed by atoms with Crippen LogP contribution in [-0.2, 0) is 11.2 Å². The molecule has 0 saturated carbocycles. The van der Waals surface area contributed by atoms with E-state index >= 15 is 0 Å². The molecule has 1 saturated heterocycles. The number of aromatic nitrogens is 3. The molecule has 7 heteroatoms. The molecule has 1 aliphatic heterocycles. The van der Waals surface area contributed by atoms with Gasteiger partial charge >= 0.3 is 0 Å². The van der Waals surface area contributed by atoms with Crippen molar-refractivity contribution in [2.45, 2.75) is 12.8 Å². The minimum absolute atomic E-state index is 0.231. The van der Waals surface area contributed by atoms with Gasteiger partial charge in [0.05, 0.1) is 0 Å². The molecule has 138 valence electrons. The molecule has 1 amide bonds. The summed E-state index contributed by atoms with van der Waals surface area (Å²) in [6, 6.07) is 5.89. The van der Waals surface area contributed by atoms with Crippen LogP contribution in [0.5, 0.6) is 0 Å². The molecule has 0 spiro atoms. The van der Waals surface area contributed by atoms with Crippen molar-refractivity contribution in [3.8, 4) is 0 Å². The molecule has 3 rings (SSSR count). The standard InChI is InChI=1S/C19H26N6O/c1-23(11-5-17-3-9-20-10-4-17)12-6-18(26)24-13-15-25(16-14-24)19-21-7-2-8-22-19/h2-4,7-10H,5-6,11-16H2,1H3. The van der Waals surface area contributed by atoms with Gasteiger partial charge in [0.25, 0.3) is 0 Å². The second-order valence-corrected chi connectivity index (χ2v) is 6.58. The van der Waals surface area contributed by atoms with Crippen molar-refractivity contribution < 1.29 is 4.79 Å². The Hall–Kier alpha value is -2.54. The number of piperazine rings is 1. The van der Waals surface area contributed by atoms with E-state index in [9.17, 15) is 4.79 Å². The number of amides is 1. The molecule has 1 aliphatic rings. The van der Waals surface area contributed by atoms with Gasteiger partial charge < -0.3 is 14.7 Å². The SMILES string of the molecule is CN(CCC(=O)N1CCN(c2ncccn2)CC1)CCc1ccncc1. The Morgan fingerprint density at radius 2 is 1.73 bits per heavy atom. The van der Waals surface area contributed by atoms with Crippen LogP contribution in [0.2, 0.25) is 0 Å². The number of likely N-dealkylation sites (N-methyl/N-ethyl adjacent to an activating group) is 1. The molecule has 2 aromatic heterocycles. The molecule has 0 atom stereocenters. The maximum Gasteiger partial charge on any atom is 0.225 e. The summed E-state index contributed by atoms with van der Waals surface area (Å²) in [5.41, 5.74) is 1.28. The smallest absolute Gasteiger partial charge is 0.225 e.